The number of carbonyl (C=O) groups excluding carboxylic acids is 1. The molecule has 2 aromatic rings. The van der Waals surface area contributed by atoms with Crippen LogP contribution in [0.15, 0.2) is 41.3 Å². The number of ether oxygens (including phenoxy) is 2. The van der Waals surface area contributed by atoms with E-state index < -0.39 is 16.0 Å². The van der Waals surface area contributed by atoms with Gasteiger partial charge in [0.2, 0.25) is 10.0 Å². The molecule has 3 rings (SSSR count). The first-order valence-corrected chi connectivity index (χ1v) is 11.4. The van der Waals surface area contributed by atoms with Gasteiger partial charge in [0.05, 0.1) is 29.4 Å². The molecule has 1 aliphatic rings. The van der Waals surface area contributed by atoms with Gasteiger partial charge in [0, 0.05) is 42.8 Å². The number of halogens is 2. The predicted molar refractivity (Wildman–Crippen MR) is 116 cm³/mol. The summed E-state index contributed by atoms with van der Waals surface area (Å²) < 4.78 is 37.1. The van der Waals surface area contributed by atoms with Gasteiger partial charge in [-0.3, -0.25) is 0 Å². The lowest BCUT2D eigenvalue weighted by Gasteiger charge is -2.30. The molecule has 2 aromatic carbocycles. The van der Waals surface area contributed by atoms with Crippen molar-refractivity contribution in [2.75, 3.05) is 45.3 Å². The third-order valence-electron chi connectivity index (χ3n) is 4.69. The fourth-order valence-corrected chi connectivity index (χ4v) is 4.38. The van der Waals surface area contributed by atoms with Crippen LogP contribution in [0.4, 0.5) is 5.69 Å². The van der Waals surface area contributed by atoms with E-state index in [2.05, 4.69) is 0 Å². The molecule has 0 aromatic heterocycles. The molecule has 1 heterocycles. The second-order valence-electron chi connectivity index (χ2n) is 6.88. The molecule has 0 aliphatic carbocycles. The maximum absolute atomic E-state index is 13.0. The number of nitrogens with zero attached hydrogens (tertiary/aromatic N) is 2. The smallest absolute Gasteiger partial charge is 0.340 e. The summed E-state index contributed by atoms with van der Waals surface area (Å²) in [5.74, 6) is -0.640. The van der Waals surface area contributed by atoms with Gasteiger partial charge in [-0.15, -0.1) is 0 Å². The zero-order chi connectivity index (χ0) is 21.9. The Morgan fingerprint density at radius 3 is 2.47 bits per heavy atom. The number of sulfonamides is 1. The number of rotatable bonds is 6. The van der Waals surface area contributed by atoms with E-state index in [4.69, 9.17) is 32.7 Å². The van der Waals surface area contributed by atoms with Gasteiger partial charge in [-0.25, -0.2) is 17.5 Å². The van der Waals surface area contributed by atoms with Crippen LogP contribution in [0, 0.1) is 0 Å². The average molecular weight is 473 g/mol. The van der Waals surface area contributed by atoms with Crippen molar-refractivity contribution < 1.29 is 22.7 Å². The van der Waals surface area contributed by atoms with Gasteiger partial charge in [-0.1, -0.05) is 29.3 Å². The van der Waals surface area contributed by atoms with Crippen LogP contribution >= 0.6 is 23.2 Å². The Kier molecular flexibility index (Phi) is 7.26. The molecule has 0 N–H and O–H groups in total. The van der Waals surface area contributed by atoms with E-state index in [1.54, 1.807) is 24.3 Å². The third kappa shape index (κ3) is 5.07. The Morgan fingerprint density at radius 2 is 1.83 bits per heavy atom. The van der Waals surface area contributed by atoms with Gasteiger partial charge in [-0.2, -0.15) is 0 Å². The van der Waals surface area contributed by atoms with Gasteiger partial charge in [-0.05, 0) is 30.3 Å². The van der Waals surface area contributed by atoms with E-state index in [0.29, 0.717) is 47.6 Å². The number of esters is 1. The van der Waals surface area contributed by atoms with E-state index in [-0.39, 0.29) is 17.1 Å². The average Bonchev–Trinajstić information content (AvgIpc) is 2.73. The minimum atomic E-state index is -3.71. The summed E-state index contributed by atoms with van der Waals surface area (Å²) in [5, 5.41) is 0.860. The Bertz CT molecular complexity index is 1040. The van der Waals surface area contributed by atoms with Crippen molar-refractivity contribution in [3.05, 3.63) is 57.6 Å². The highest BCUT2D eigenvalue weighted by molar-refractivity contribution is 7.89. The number of hydrogen-bond acceptors (Lipinski definition) is 6. The fraction of sp³-hybridized carbons (Fsp3) is 0.350. The maximum Gasteiger partial charge on any atom is 0.340 e. The van der Waals surface area contributed by atoms with Crippen LogP contribution < -0.4 is 4.90 Å². The number of morpholine rings is 1. The highest BCUT2D eigenvalue weighted by Crippen LogP contribution is 2.28. The molecule has 1 fully saturated rings. The van der Waals surface area contributed by atoms with Crippen molar-refractivity contribution in [3.63, 3.8) is 0 Å². The van der Waals surface area contributed by atoms with Crippen molar-refractivity contribution in [2.45, 2.75) is 11.5 Å². The molecule has 0 spiro atoms. The molecular formula is C20H22Cl2N2O5S. The normalized spacial score (nSPS) is 14.8. The van der Waals surface area contributed by atoms with Gasteiger partial charge in [0.25, 0.3) is 0 Å². The lowest BCUT2D eigenvalue weighted by atomic mass is 10.1. The van der Waals surface area contributed by atoms with Crippen molar-refractivity contribution >= 4 is 44.9 Å². The van der Waals surface area contributed by atoms with Crippen LogP contribution in [0.2, 0.25) is 10.0 Å². The summed E-state index contributed by atoms with van der Waals surface area (Å²) in [4.78, 5) is 14.9. The molecule has 7 nitrogen and oxygen atoms in total. The maximum atomic E-state index is 13.0. The number of anilines is 1. The van der Waals surface area contributed by atoms with Crippen molar-refractivity contribution in [1.29, 1.82) is 0 Å². The van der Waals surface area contributed by atoms with Crippen LogP contribution in [0.1, 0.15) is 15.9 Å². The summed E-state index contributed by atoms with van der Waals surface area (Å²) >= 11 is 12.0. The Hall–Kier alpha value is -1.84. The number of hydrogen-bond donors (Lipinski definition) is 0. The molecule has 30 heavy (non-hydrogen) atoms. The van der Waals surface area contributed by atoms with Gasteiger partial charge in [0.1, 0.15) is 6.61 Å². The quantitative estimate of drug-likeness (QED) is 0.599. The first-order chi connectivity index (χ1) is 14.2. The first kappa shape index (κ1) is 22.8. The number of carbonyl (C=O) groups is 1. The zero-order valence-electron chi connectivity index (χ0n) is 16.6. The van der Waals surface area contributed by atoms with E-state index >= 15 is 0 Å². The lowest BCUT2D eigenvalue weighted by molar-refractivity contribution is 0.0472. The van der Waals surface area contributed by atoms with Crippen molar-refractivity contribution in [2.24, 2.45) is 0 Å². The molecule has 0 unspecified atom stereocenters. The topological polar surface area (TPSA) is 76.2 Å². The SMILES string of the molecule is CN(C)S(=O)(=O)c1ccc(N2CCOCC2)c(C(=O)OCc2ccc(Cl)cc2Cl)c1. The third-order valence-corrected chi connectivity index (χ3v) is 7.09. The Balaban J connectivity index is 1.93. The first-order valence-electron chi connectivity index (χ1n) is 9.20. The Morgan fingerprint density at radius 1 is 1.13 bits per heavy atom. The second kappa shape index (κ2) is 9.53. The largest absolute Gasteiger partial charge is 0.457 e. The summed E-state index contributed by atoms with van der Waals surface area (Å²) in [6.07, 6.45) is 0. The van der Waals surface area contributed by atoms with Gasteiger partial charge < -0.3 is 14.4 Å². The highest BCUT2D eigenvalue weighted by Gasteiger charge is 2.25. The van der Waals surface area contributed by atoms with E-state index in [0.717, 1.165) is 4.31 Å². The van der Waals surface area contributed by atoms with Crippen LogP contribution in [0.25, 0.3) is 0 Å². The van der Waals surface area contributed by atoms with E-state index in [9.17, 15) is 13.2 Å². The predicted octanol–water partition coefficient (Wildman–Crippen LogP) is 3.44. The molecule has 0 saturated carbocycles. The second-order valence-corrected chi connectivity index (χ2v) is 9.87. The molecule has 0 bridgehead atoms. The Labute approximate surface area is 186 Å². The molecular weight excluding hydrogens is 451 g/mol. The summed E-state index contributed by atoms with van der Waals surface area (Å²) in [6.45, 7) is 2.15. The van der Waals surface area contributed by atoms with Crippen LogP contribution in [0.3, 0.4) is 0 Å². The van der Waals surface area contributed by atoms with Crippen LogP contribution in [-0.4, -0.2) is 59.1 Å². The monoisotopic (exact) mass is 472 g/mol. The van der Waals surface area contributed by atoms with Crippen LogP contribution in [-0.2, 0) is 26.1 Å². The van der Waals surface area contributed by atoms with E-state index in [1.165, 1.54) is 26.2 Å². The zero-order valence-corrected chi connectivity index (χ0v) is 18.9. The minimum absolute atomic E-state index is 0.0148. The molecule has 0 atom stereocenters. The molecule has 1 saturated heterocycles. The summed E-state index contributed by atoms with van der Waals surface area (Å²) in [7, 11) is -0.840. The van der Waals surface area contributed by atoms with Gasteiger partial charge in [0.15, 0.2) is 0 Å². The number of benzene rings is 2. The minimum Gasteiger partial charge on any atom is -0.457 e. The molecule has 0 radical (unpaired) electrons. The van der Waals surface area contributed by atoms with Gasteiger partial charge >= 0.3 is 5.97 Å². The fourth-order valence-electron chi connectivity index (χ4n) is 2.99. The molecule has 162 valence electrons. The van der Waals surface area contributed by atoms with Crippen LogP contribution in [0.5, 0.6) is 0 Å². The molecule has 10 heteroatoms. The summed E-state index contributed by atoms with van der Waals surface area (Å²) in [5.41, 5.74) is 1.37. The standard InChI is InChI=1S/C20H22Cl2N2O5S/c1-23(2)30(26,27)16-5-6-19(24-7-9-28-10-8-24)17(12-16)20(25)29-13-14-3-4-15(21)11-18(14)22/h3-6,11-12H,7-10,13H2,1-2H3. The molecule has 0 amide bonds. The van der Waals surface area contributed by atoms with Crippen molar-refractivity contribution in [1.82, 2.24) is 4.31 Å². The lowest BCUT2D eigenvalue weighted by Crippen LogP contribution is -2.37. The van der Waals surface area contributed by atoms with Crippen molar-refractivity contribution in [3.8, 4) is 0 Å². The highest BCUT2D eigenvalue weighted by atomic mass is 35.5. The summed E-state index contributed by atoms with van der Waals surface area (Å²) in [6, 6.07) is 9.37. The van der Waals surface area contributed by atoms with E-state index in [1.807, 2.05) is 4.90 Å². The molecule has 1 aliphatic heterocycles.